The van der Waals surface area contributed by atoms with Crippen molar-refractivity contribution in [1.29, 1.82) is 0 Å². The lowest BCUT2D eigenvalue weighted by atomic mass is 10.2. The second kappa shape index (κ2) is 10.9. The smallest absolute Gasteiger partial charge is 0.408 e. The molecule has 2 aromatic rings. The minimum Gasteiger partial charge on any atom is -0.493 e. The summed E-state index contributed by atoms with van der Waals surface area (Å²) in [5.74, 6) is 0.0627. The van der Waals surface area contributed by atoms with E-state index >= 15 is 0 Å². The molecule has 0 fully saturated rings. The van der Waals surface area contributed by atoms with Crippen LogP contribution in [0.3, 0.4) is 0 Å². The van der Waals surface area contributed by atoms with Gasteiger partial charge in [-0.15, -0.1) is 0 Å². The van der Waals surface area contributed by atoms with Gasteiger partial charge in [0.05, 0.1) is 18.5 Å². The molecule has 0 spiro atoms. The summed E-state index contributed by atoms with van der Waals surface area (Å²) >= 11 is 0. The second-order valence-corrected chi connectivity index (χ2v) is 7.44. The summed E-state index contributed by atoms with van der Waals surface area (Å²) in [7, 11) is 1.51. The second-order valence-electron chi connectivity index (χ2n) is 7.44. The number of ether oxygens (including phenoxy) is 3. The Morgan fingerprint density at radius 1 is 0.839 bits per heavy atom. The molecule has 31 heavy (non-hydrogen) atoms. The van der Waals surface area contributed by atoms with Crippen LogP contribution in [0.4, 0.5) is 16.2 Å². The van der Waals surface area contributed by atoms with Gasteiger partial charge in [0.2, 0.25) is 5.91 Å². The molecule has 3 N–H and O–H groups in total. The van der Waals surface area contributed by atoms with Gasteiger partial charge in [-0.3, -0.25) is 9.59 Å². The average molecular weight is 429 g/mol. The molecule has 0 aliphatic heterocycles. The van der Waals surface area contributed by atoms with Gasteiger partial charge < -0.3 is 30.2 Å². The molecule has 2 aromatic carbocycles. The Morgan fingerprint density at radius 3 is 1.97 bits per heavy atom. The highest BCUT2D eigenvalue weighted by molar-refractivity contribution is 6.01. The molecule has 9 heteroatoms. The van der Waals surface area contributed by atoms with Crippen molar-refractivity contribution < 1.29 is 28.6 Å². The van der Waals surface area contributed by atoms with Crippen molar-refractivity contribution in [2.24, 2.45) is 0 Å². The van der Waals surface area contributed by atoms with E-state index in [-0.39, 0.29) is 13.2 Å². The first-order valence-electron chi connectivity index (χ1n) is 9.59. The zero-order valence-corrected chi connectivity index (χ0v) is 18.0. The number of anilines is 2. The van der Waals surface area contributed by atoms with E-state index in [2.05, 4.69) is 16.0 Å². The first-order valence-corrected chi connectivity index (χ1v) is 9.59. The zero-order valence-electron chi connectivity index (χ0n) is 18.0. The fourth-order valence-corrected chi connectivity index (χ4v) is 2.43. The molecule has 9 nitrogen and oxygen atoms in total. The monoisotopic (exact) mass is 429 g/mol. The predicted molar refractivity (Wildman–Crippen MR) is 116 cm³/mol. The normalized spacial score (nSPS) is 10.6. The van der Waals surface area contributed by atoms with Crippen LogP contribution in [0.2, 0.25) is 0 Å². The molecule has 2 rings (SSSR count). The molecule has 0 atom stereocenters. The number of para-hydroxylation sites is 4. The molecule has 0 aliphatic rings. The largest absolute Gasteiger partial charge is 0.493 e. The highest BCUT2D eigenvalue weighted by atomic mass is 16.6. The summed E-state index contributed by atoms with van der Waals surface area (Å²) in [4.78, 5) is 36.1. The molecule has 0 aromatic heterocycles. The Balaban J connectivity index is 1.90. The summed E-state index contributed by atoms with van der Waals surface area (Å²) in [6.45, 7) is 4.65. The number of carbonyl (C=O) groups excluding carboxylic acids is 3. The van der Waals surface area contributed by atoms with Gasteiger partial charge in [0.25, 0.3) is 5.91 Å². The fraction of sp³-hybridized carbons (Fsp3) is 0.318. The average Bonchev–Trinajstić information content (AvgIpc) is 2.71. The molecule has 3 amide bonds. The van der Waals surface area contributed by atoms with Crippen LogP contribution in [0.25, 0.3) is 0 Å². The fourth-order valence-electron chi connectivity index (χ4n) is 2.43. The molecule has 0 bridgehead atoms. The lowest BCUT2D eigenvalue weighted by Crippen LogP contribution is -2.37. The van der Waals surface area contributed by atoms with Crippen molar-refractivity contribution in [1.82, 2.24) is 5.32 Å². The lowest BCUT2D eigenvalue weighted by Gasteiger charge is -2.19. The molecular formula is C22H27N3O6. The number of carbonyl (C=O) groups is 3. The van der Waals surface area contributed by atoms with Gasteiger partial charge >= 0.3 is 6.09 Å². The minimum atomic E-state index is -0.697. The Bertz CT molecular complexity index is 923. The molecule has 0 saturated heterocycles. The first-order chi connectivity index (χ1) is 14.7. The summed E-state index contributed by atoms with van der Waals surface area (Å²) in [5, 5.41) is 7.71. The van der Waals surface area contributed by atoms with Crippen LogP contribution < -0.4 is 25.4 Å². The predicted octanol–water partition coefficient (Wildman–Crippen LogP) is 3.18. The van der Waals surface area contributed by atoms with Gasteiger partial charge in [-0.1, -0.05) is 24.3 Å². The van der Waals surface area contributed by atoms with E-state index in [0.29, 0.717) is 22.9 Å². The lowest BCUT2D eigenvalue weighted by molar-refractivity contribution is -0.118. The van der Waals surface area contributed by atoms with E-state index in [1.165, 1.54) is 7.11 Å². The zero-order chi connectivity index (χ0) is 22.9. The van der Waals surface area contributed by atoms with E-state index in [1.54, 1.807) is 69.3 Å². The van der Waals surface area contributed by atoms with Crippen molar-refractivity contribution in [3.05, 3.63) is 48.5 Å². The number of alkyl carbamates (subject to hydrolysis) is 1. The number of nitrogens with one attached hydrogen (secondary N) is 3. The van der Waals surface area contributed by atoms with E-state index < -0.39 is 23.5 Å². The van der Waals surface area contributed by atoms with Crippen LogP contribution in [0.15, 0.2) is 48.5 Å². The summed E-state index contributed by atoms with van der Waals surface area (Å²) in [6, 6.07) is 13.7. The Kier molecular flexibility index (Phi) is 8.25. The molecule has 0 aliphatic carbocycles. The molecule has 0 radical (unpaired) electrons. The highest BCUT2D eigenvalue weighted by Crippen LogP contribution is 2.26. The van der Waals surface area contributed by atoms with Crippen LogP contribution in [0, 0.1) is 0 Å². The van der Waals surface area contributed by atoms with Crippen molar-refractivity contribution in [3.63, 3.8) is 0 Å². The van der Waals surface area contributed by atoms with Crippen molar-refractivity contribution in [3.8, 4) is 11.5 Å². The quantitative estimate of drug-likeness (QED) is 0.594. The molecule has 166 valence electrons. The van der Waals surface area contributed by atoms with Crippen LogP contribution in [-0.4, -0.2) is 43.8 Å². The molecule has 0 saturated carbocycles. The molecule has 0 unspecified atom stereocenters. The number of hydrogen-bond acceptors (Lipinski definition) is 6. The van der Waals surface area contributed by atoms with Crippen LogP contribution in [-0.2, 0) is 14.3 Å². The van der Waals surface area contributed by atoms with Crippen LogP contribution in [0.5, 0.6) is 11.5 Å². The summed E-state index contributed by atoms with van der Waals surface area (Å²) in [6.07, 6.45) is -0.697. The Hall–Kier alpha value is -3.75. The maximum absolute atomic E-state index is 12.3. The van der Waals surface area contributed by atoms with Gasteiger partial charge in [0.1, 0.15) is 12.1 Å². The van der Waals surface area contributed by atoms with E-state index in [9.17, 15) is 14.4 Å². The third-order valence-electron chi connectivity index (χ3n) is 3.70. The maximum atomic E-state index is 12.3. The molecule has 0 heterocycles. The van der Waals surface area contributed by atoms with Crippen molar-refractivity contribution in [2.75, 3.05) is 30.9 Å². The minimum absolute atomic E-state index is 0.247. The Labute approximate surface area is 181 Å². The van der Waals surface area contributed by atoms with Gasteiger partial charge in [-0.2, -0.15) is 0 Å². The standard InChI is InChI=1S/C22H27N3O6/c1-22(2,3)31-21(28)23-13-19(26)24-15-9-5-6-10-16(15)25-20(27)14-30-18-12-8-7-11-17(18)29-4/h5-12H,13-14H2,1-4H3,(H,23,28)(H,24,26)(H,25,27). The van der Waals surface area contributed by atoms with Gasteiger partial charge in [-0.25, -0.2) is 4.79 Å². The van der Waals surface area contributed by atoms with E-state index in [4.69, 9.17) is 14.2 Å². The maximum Gasteiger partial charge on any atom is 0.408 e. The topological polar surface area (TPSA) is 115 Å². The number of benzene rings is 2. The molecular weight excluding hydrogens is 402 g/mol. The number of amides is 3. The van der Waals surface area contributed by atoms with Crippen LogP contribution in [0.1, 0.15) is 20.8 Å². The van der Waals surface area contributed by atoms with Gasteiger partial charge in [0, 0.05) is 0 Å². The Morgan fingerprint density at radius 2 is 1.39 bits per heavy atom. The third kappa shape index (κ3) is 8.25. The van der Waals surface area contributed by atoms with E-state index in [0.717, 1.165) is 0 Å². The number of hydrogen-bond donors (Lipinski definition) is 3. The van der Waals surface area contributed by atoms with Crippen LogP contribution >= 0.6 is 0 Å². The van der Waals surface area contributed by atoms with Gasteiger partial charge in [-0.05, 0) is 45.0 Å². The number of methoxy groups -OCH3 is 1. The van der Waals surface area contributed by atoms with Crippen molar-refractivity contribution >= 4 is 29.3 Å². The van der Waals surface area contributed by atoms with E-state index in [1.807, 2.05) is 0 Å². The van der Waals surface area contributed by atoms with Gasteiger partial charge in [0.15, 0.2) is 18.1 Å². The third-order valence-corrected chi connectivity index (χ3v) is 3.70. The first kappa shape index (κ1) is 23.5. The summed E-state index contributed by atoms with van der Waals surface area (Å²) < 4.78 is 15.8. The highest BCUT2D eigenvalue weighted by Gasteiger charge is 2.17. The summed E-state index contributed by atoms with van der Waals surface area (Å²) in [5.41, 5.74) is 0.106. The SMILES string of the molecule is COc1ccccc1OCC(=O)Nc1ccccc1NC(=O)CNC(=O)OC(C)(C)C. The number of rotatable bonds is 8. The van der Waals surface area contributed by atoms with Crippen molar-refractivity contribution in [2.45, 2.75) is 26.4 Å².